The number of halogens is 1. The summed E-state index contributed by atoms with van der Waals surface area (Å²) < 4.78 is 5.25. The second-order valence-electron chi connectivity index (χ2n) is 3.83. The Labute approximate surface area is 110 Å². The molecule has 0 spiro atoms. The van der Waals surface area contributed by atoms with Crippen LogP contribution < -0.4 is 10.1 Å². The fourth-order valence-electron chi connectivity index (χ4n) is 1.36. The lowest BCUT2D eigenvalue weighted by atomic mass is 10.1. The molecule has 5 nitrogen and oxygen atoms in total. The monoisotopic (exact) mass is 271 g/mol. The molecule has 0 aromatic heterocycles. The Balaban J connectivity index is 2.53. The van der Waals surface area contributed by atoms with E-state index in [9.17, 15) is 9.59 Å². The van der Waals surface area contributed by atoms with Crippen LogP contribution in [-0.4, -0.2) is 30.1 Å². The molecule has 98 valence electrons. The van der Waals surface area contributed by atoms with Crippen LogP contribution >= 0.6 is 11.6 Å². The molecule has 0 fully saturated rings. The van der Waals surface area contributed by atoms with Gasteiger partial charge in [-0.1, -0.05) is 11.6 Å². The van der Waals surface area contributed by atoms with Gasteiger partial charge < -0.3 is 15.2 Å². The second-order valence-corrected chi connectivity index (χ2v) is 4.21. The summed E-state index contributed by atoms with van der Waals surface area (Å²) in [6, 6.07) is 3.44. The molecule has 0 saturated carbocycles. The van der Waals surface area contributed by atoms with Crippen LogP contribution in [0.15, 0.2) is 12.1 Å². The van der Waals surface area contributed by atoms with Crippen molar-refractivity contribution in [2.45, 2.75) is 13.8 Å². The van der Waals surface area contributed by atoms with Crippen LogP contribution in [0, 0.1) is 13.8 Å². The summed E-state index contributed by atoms with van der Waals surface area (Å²) >= 11 is 6.00. The minimum Gasteiger partial charge on any atom is -0.484 e. The Kier molecular flexibility index (Phi) is 4.97. The van der Waals surface area contributed by atoms with E-state index in [0.717, 1.165) is 11.1 Å². The highest BCUT2D eigenvalue weighted by molar-refractivity contribution is 6.32. The molecule has 0 atom stereocenters. The predicted octanol–water partition coefficient (Wildman–Crippen LogP) is 1.54. The molecule has 0 aliphatic heterocycles. The molecular formula is C12H14ClNO4. The normalized spacial score (nSPS) is 9.94. The van der Waals surface area contributed by atoms with Crippen molar-refractivity contribution in [3.63, 3.8) is 0 Å². The van der Waals surface area contributed by atoms with Crippen LogP contribution in [0.4, 0.5) is 0 Å². The molecule has 0 saturated heterocycles. The summed E-state index contributed by atoms with van der Waals surface area (Å²) in [5, 5.41) is 11.2. The van der Waals surface area contributed by atoms with Crippen LogP contribution in [0.5, 0.6) is 5.75 Å². The van der Waals surface area contributed by atoms with Crippen molar-refractivity contribution in [1.82, 2.24) is 5.32 Å². The van der Waals surface area contributed by atoms with Gasteiger partial charge in [-0.05, 0) is 37.1 Å². The molecule has 0 aliphatic rings. The number of nitrogens with one attached hydrogen (secondary N) is 1. The zero-order chi connectivity index (χ0) is 13.7. The molecule has 0 unspecified atom stereocenters. The summed E-state index contributed by atoms with van der Waals surface area (Å²) in [4.78, 5) is 21.5. The van der Waals surface area contributed by atoms with Crippen molar-refractivity contribution in [2.24, 2.45) is 0 Å². The van der Waals surface area contributed by atoms with Gasteiger partial charge in [0.05, 0.1) is 0 Å². The zero-order valence-corrected chi connectivity index (χ0v) is 10.9. The number of aliphatic carboxylic acids is 1. The summed E-state index contributed by atoms with van der Waals surface area (Å²) in [5.41, 5.74) is 1.72. The standard InChI is InChI=1S/C12H14ClNO4/c1-7-3-9(4-8(2)12(7)13)18-6-10(15)14-5-11(16)17/h3-4H,5-6H2,1-2H3,(H,14,15)(H,16,17). The van der Waals surface area contributed by atoms with E-state index >= 15 is 0 Å². The van der Waals surface area contributed by atoms with E-state index in [0.29, 0.717) is 10.8 Å². The fourth-order valence-corrected chi connectivity index (χ4v) is 1.47. The Hall–Kier alpha value is -1.75. The van der Waals surface area contributed by atoms with Gasteiger partial charge >= 0.3 is 5.97 Å². The largest absolute Gasteiger partial charge is 0.484 e. The predicted molar refractivity (Wildman–Crippen MR) is 67.1 cm³/mol. The average Bonchev–Trinajstić information content (AvgIpc) is 2.30. The van der Waals surface area contributed by atoms with Gasteiger partial charge in [0.1, 0.15) is 12.3 Å². The number of benzene rings is 1. The van der Waals surface area contributed by atoms with Gasteiger partial charge in [0, 0.05) is 5.02 Å². The lowest BCUT2D eigenvalue weighted by molar-refractivity contribution is -0.138. The van der Waals surface area contributed by atoms with Crippen molar-refractivity contribution < 1.29 is 19.4 Å². The Morgan fingerprint density at radius 3 is 2.39 bits per heavy atom. The highest BCUT2D eigenvalue weighted by Gasteiger charge is 2.07. The summed E-state index contributed by atoms with van der Waals surface area (Å²) in [6.07, 6.45) is 0. The minimum atomic E-state index is -1.10. The van der Waals surface area contributed by atoms with Crippen molar-refractivity contribution in [2.75, 3.05) is 13.2 Å². The molecular weight excluding hydrogens is 258 g/mol. The number of carboxylic acid groups (broad SMARTS) is 1. The summed E-state index contributed by atoms with van der Waals surface area (Å²) in [5.74, 6) is -1.05. The first-order valence-corrected chi connectivity index (χ1v) is 5.66. The third kappa shape index (κ3) is 4.25. The topological polar surface area (TPSA) is 75.6 Å². The number of amides is 1. The molecule has 0 aliphatic carbocycles. The third-order valence-corrected chi connectivity index (χ3v) is 2.81. The zero-order valence-electron chi connectivity index (χ0n) is 10.1. The summed E-state index contributed by atoms with van der Waals surface area (Å²) in [6.45, 7) is 3.04. The van der Waals surface area contributed by atoms with Crippen LogP contribution in [0.25, 0.3) is 0 Å². The molecule has 1 amide bonds. The van der Waals surface area contributed by atoms with E-state index in [2.05, 4.69) is 5.32 Å². The average molecular weight is 272 g/mol. The SMILES string of the molecule is Cc1cc(OCC(=O)NCC(=O)O)cc(C)c1Cl. The number of rotatable bonds is 5. The highest BCUT2D eigenvalue weighted by Crippen LogP contribution is 2.25. The number of carbonyl (C=O) groups is 2. The van der Waals surface area contributed by atoms with Gasteiger partial charge in [-0.3, -0.25) is 9.59 Å². The lowest BCUT2D eigenvalue weighted by Gasteiger charge is -2.09. The first-order chi connectivity index (χ1) is 8.40. The third-order valence-electron chi connectivity index (χ3n) is 2.22. The van der Waals surface area contributed by atoms with Gasteiger partial charge in [-0.25, -0.2) is 0 Å². The maximum Gasteiger partial charge on any atom is 0.322 e. The number of carbonyl (C=O) groups excluding carboxylic acids is 1. The Morgan fingerprint density at radius 2 is 1.89 bits per heavy atom. The van der Waals surface area contributed by atoms with Gasteiger partial charge in [-0.2, -0.15) is 0 Å². The number of hydrogen-bond donors (Lipinski definition) is 2. The number of ether oxygens (including phenoxy) is 1. The molecule has 1 aromatic carbocycles. The molecule has 2 N–H and O–H groups in total. The molecule has 6 heteroatoms. The molecule has 0 heterocycles. The summed E-state index contributed by atoms with van der Waals surface area (Å²) in [7, 11) is 0. The molecule has 0 bridgehead atoms. The minimum absolute atomic E-state index is 0.228. The Morgan fingerprint density at radius 1 is 1.33 bits per heavy atom. The Bertz CT molecular complexity index is 450. The van der Waals surface area contributed by atoms with Gasteiger partial charge in [-0.15, -0.1) is 0 Å². The number of hydrogen-bond acceptors (Lipinski definition) is 3. The lowest BCUT2D eigenvalue weighted by Crippen LogP contribution is -2.33. The first-order valence-electron chi connectivity index (χ1n) is 5.28. The molecule has 1 rings (SSSR count). The number of carboxylic acids is 1. The van der Waals surface area contributed by atoms with E-state index in [4.69, 9.17) is 21.4 Å². The van der Waals surface area contributed by atoms with E-state index in [1.54, 1.807) is 12.1 Å². The fraction of sp³-hybridized carbons (Fsp3) is 0.333. The van der Waals surface area contributed by atoms with E-state index in [1.165, 1.54) is 0 Å². The van der Waals surface area contributed by atoms with Gasteiger partial charge in [0.15, 0.2) is 6.61 Å². The molecule has 18 heavy (non-hydrogen) atoms. The molecule has 0 radical (unpaired) electrons. The van der Waals surface area contributed by atoms with E-state index in [-0.39, 0.29) is 6.61 Å². The van der Waals surface area contributed by atoms with Crippen LogP contribution in [0.1, 0.15) is 11.1 Å². The maximum atomic E-state index is 11.2. The van der Waals surface area contributed by atoms with Crippen LogP contribution in [-0.2, 0) is 9.59 Å². The van der Waals surface area contributed by atoms with Crippen molar-refractivity contribution >= 4 is 23.5 Å². The van der Waals surface area contributed by atoms with Crippen molar-refractivity contribution in [3.8, 4) is 5.75 Å². The van der Waals surface area contributed by atoms with E-state index < -0.39 is 18.4 Å². The van der Waals surface area contributed by atoms with E-state index in [1.807, 2.05) is 13.8 Å². The second kappa shape index (κ2) is 6.26. The van der Waals surface area contributed by atoms with Gasteiger partial charge in [0.2, 0.25) is 0 Å². The number of aryl methyl sites for hydroxylation is 2. The smallest absolute Gasteiger partial charge is 0.322 e. The quantitative estimate of drug-likeness (QED) is 0.852. The van der Waals surface area contributed by atoms with Crippen molar-refractivity contribution in [1.29, 1.82) is 0 Å². The van der Waals surface area contributed by atoms with Crippen molar-refractivity contribution in [3.05, 3.63) is 28.3 Å². The molecule has 1 aromatic rings. The van der Waals surface area contributed by atoms with Crippen LogP contribution in [0.2, 0.25) is 5.02 Å². The highest BCUT2D eigenvalue weighted by atomic mass is 35.5. The maximum absolute atomic E-state index is 11.2. The van der Waals surface area contributed by atoms with Gasteiger partial charge in [0.25, 0.3) is 5.91 Å². The first kappa shape index (κ1) is 14.3. The van der Waals surface area contributed by atoms with Crippen LogP contribution in [0.3, 0.4) is 0 Å².